The average molecular weight is 230 g/mol. The molecule has 0 aliphatic heterocycles. The Balaban J connectivity index is 4.04. The van der Waals surface area contributed by atoms with E-state index >= 15 is 0 Å². The minimum absolute atomic E-state index is 0.00335. The van der Waals surface area contributed by atoms with E-state index in [4.69, 9.17) is 0 Å². The number of nitrogens with one attached hydrogen (secondary N) is 2. The zero-order chi connectivity index (χ0) is 12.8. The average Bonchev–Trinajstić information content (AvgIpc) is 2.25. The largest absolute Gasteiger partial charge is 0.469 e. The molecule has 94 valence electrons. The summed E-state index contributed by atoms with van der Waals surface area (Å²) in [7, 11) is 2.98. The SMILES string of the molecule is CNC(=O)C(C)(C)CNC(C)CC(=O)OC. The molecule has 5 nitrogen and oxygen atoms in total. The number of carbonyl (C=O) groups excluding carboxylic acids is 2. The molecule has 1 unspecified atom stereocenters. The van der Waals surface area contributed by atoms with E-state index in [1.807, 2.05) is 20.8 Å². The predicted molar refractivity (Wildman–Crippen MR) is 61.9 cm³/mol. The van der Waals surface area contributed by atoms with Crippen molar-refractivity contribution in [3.05, 3.63) is 0 Å². The normalized spacial score (nSPS) is 13.1. The minimum Gasteiger partial charge on any atom is -0.469 e. The van der Waals surface area contributed by atoms with Crippen molar-refractivity contribution < 1.29 is 14.3 Å². The number of hydrogen-bond donors (Lipinski definition) is 2. The Bertz CT molecular complexity index is 252. The van der Waals surface area contributed by atoms with Gasteiger partial charge in [-0.3, -0.25) is 9.59 Å². The van der Waals surface area contributed by atoms with Gasteiger partial charge in [0.25, 0.3) is 0 Å². The minimum atomic E-state index is -0.487. The molecule has 0 aromatic heterocycles. The van der Waals surface area contributed by atoms with Crippen molar-refractivity contribution in [2.45, 2.75) is 33.2 Å². The molecule has 2 N–H and O–H groups in total. The van der Waals surface area contributed by atoms with Crippen molar-refractivity contribution in [3.63, 3.8) is 0 Å². The quantitative estimate of drug-likeness (QED) is 0.644. The van der Waals surface area contributed by atoms with E-state index in [2.05, 4.69) is 15.4 Å². The predicted octanol–water partition coefficient (Wildman–Crippen LogP) is 0.300. The second-order valence-corrected chi connectivity index (χ2v) is 4.53. The maximum absolute atomic E-state index is 11.5. The number of methoxy groups -OCH3 is 1. The smallest absolute Gasteiger partial charge is 0.307 e. The van der Waals surface area contributed by atoms with Gasteiger partial charge in [0.05, 0.1) is 18.9 Å². The van der Waals surface area contributed by atoms with Crippen molar-refractivity contribution in [3.8, 4) is 0 Å². The molecular formula is C11H22N2O3. The van der Waals surface area contributed by atoms with Gasteiger partial charge in [-0.15, -0.1) is 0 Å². The molecule has 0 saturated carbocycles. The van der Waals surface area contributed by atoms with Gasteiger partial charge in [-0.05, 0) is 20.8 Å². The fraction of sp³-hybridized carbons (Fsp3) is 0.818. The van der Waals surface area contributed by atoms with Crippen LogP contribution in [-0.4, -0.2) is 38.6 Å². The van der Waals surface area contributed by atoms with Crippen LogP contribution in [0.5, 0.6) is 0 Å². The van der Waals surface area contributed by atoms with Crippen LogP contribution in [0.4, 0.5) is 0 Å². The zero-order valence-corrected chi connectivity index (χ0v) is 10.7. The Morgan fingerprint density at radius 2 is 1.94 bits per heavy atom. The second kappa shape index (κ2) is 6.48. The first-order chi connectivity index (χ1) is 7.33. The number of amides is 1. The van der Waals surface area contributed by atoms with Gasteiger partial charge in [-0.1, -0.05) is 0 Å². The van der Waals surface area contributed by atoms with Crippen LogP contribution in [0.3, 0.4) is 0 Å². The third kappa shape index (κ3) is 5.11. The summed E-state index contributed by atoms with van der Waals surface area (Å²) in [6.45, 7) is 6.11. The first-order valence-electron chi connectivity index (χ1n) is 5.36. The molecule has 0 spiro atoms. The molecule has 0 saturated heterocycles. The number of carbonyl (C=O) groups is 2. The fourth-order valence-corrected chi connectivity index (χ4v) is 1.25. The molecule has 1 amide bonds. The number of rotatable bonds is 6. The molecule has 0 radical (unpaired) electrons. The fourth-order valence-electron chi connectivity index (χ4n) is 1.25. The Morgan fingerprint density at radius 3 is 2.38 bits per heavy atom. The van der Waals surface area contributed by atoms with Gasteiger partial charge in [0.15, 0.2) is 0 Å². The van der Waals surface area contributed by atoms with Crippen LogP contribution in [0.2, 0.25) is 0 Å². The van der Waals surface area contributed by atoms with Crippen LogP contribution in [0, 0.1) is 5.41 Å². The summed E-state index contributed by atoms with van der Waals surface area (Å²) in [5.41, 5.74) is -0.487. The van der Waals surface area contributed by atoms with Gasteiger partial charge in [0.2, 0.25) is 5.91 Å². The van der Waals surface area contributed by atoms with Crippen LogP contribution in [0.1, 0.15) is 27.2 Å². The molecule has 1 atom stereocenters. The summed E-state index contributed by atoms with van der Waals surface area (Å²) in [6.07, 6.45) is 0.306. The third-order valence-corrected chi connectivity index (χ3v) is 2.43. The van der Waals surface area contributed by atoms with Crippen molar-refractivity contribution in [2.75, 3.05) is 20.7 Å². The molecular weight excluding hydrogens is 208 g/mol. The lowest BCUT2D eigenvalue weighted by molar-refractivity contribution is -0.141. The van der Waals surface area contributed by atoms with Crippen molar-refractivity contribution >= 4 is 11.9 Å². The zero-order valence-electron chi connectivity index (χ0n) is 10.7. The molecule has 0 rings (SSSR count). The molecule has 16 heavy (non-hydrogen) atoms. The first-order valence-corrected chi connectivity index (χ1v) is 5.36. The summed E-state index contributed by atoms with van der Waals surface area (Å²) < 4.78 is 4.56. The lowest BCUT2D eigenvalue weighted by Crippen LogP contribution is -2.44. The van der Waals surface area contributed by atoms with Crippen LogP contribution >= 0.6 is 0 Å². The summed E-state index contributed by atoms with van der Waals surface area (Å²) in [5, 5.41) is 5.75. The molecule has 5 heteroatoms. The van der Waals surface area contributed by atoms with Gasteiger partial charge in [-0.2, -0.15) is 0 Å². The van der Waals surface area contributed by atoms with Gasteiger partial charge < -0.3 is 15.4 Å². The lowest BCUT2D eigenvalue weighted by atomic mass is 9.92. The Kier molecular flexibility index (Phi) is 6.03. The van der Waals surface area contributed by atoms with Gasteiger partial charge in [0, 0.05) is 19.6 Å². The highest BCUT2D eigenvalue weighted by Crippen LogP contribution is 2.13. The van der Waals surface area contributed by atoms with Crippen molar-refractivity contribution in [1.29, 1.82) is 0 Å². The second-order valence-electron chi connectivity index (χ2n) is 4.53. The maximum Gasteiger partial charge on any atom is 0.307 e. The highest BCUT2D eigenvalue weighted by molar-refractivity contribution is 5.81. The van der Waals surface area contributed by atoms with E-state index in [1.165, 1.54) is 7.11 Å². The Hall–Kier alpha value is -1.10. The van der Waals surface area contributed by atoms with Crippen LogP contribution < -0.4 is 10.6 Å². The highest BCUT2D eigenvalue weighted by Gasteiger charge is 2.26. The molecule has 0 aliphatic rings. The van der Waals surface area contributed by atoms with Crippen molar-refractivity contribution in [2.24, 2.45) is 5.41 Å². The standard InChI is InChI=1S/C11H22N2O3/c1-8(6-9(14)16-5)13-7-11(2,3)10(15)12-4/h8,13H,6-7H2,1-5H3,(H,12,15). The Labute approximate surface area is 96.9 Å². The van der Waals surface area contributed by atoms with Gasteiger partial charge >= 0.3 is 5.97 Å². The van der Waals surface area contributed by atoms with Gasteiger partial charge in [0.1, 0.15) is 0 Å². The number of esters is 1. The molecule has 0 fully saturated rings. The summed E-state index contributed by atoms with van der Waals surface area (Å²) in [6, 6.07) is -0.00335. The monoisotopic (exact) mass is 230 g/mol. The van der Waals surface area contributed by atoms with E-state index < -0.39 is 5.41 Å². The van der Waals surface area contributed by atoms with E-state index in [-0.39, 0.29) is 17.9 Å². The molecule has 0 heterocycles. The van der Waals surface area contributed by atoms with Gasteiger partial charge in [-0.25, -0.2) is 0 Å². The third-order valence-electron chi connectivity index (χ3n) is 2.43. The van der Waals surface area contributed by atoms with Crippen LogP contribution in [0.25, 0.3) is 0 Å². The number of hydrogen-bond acceptors (Lipinski definition) is 4. The van der Waals surface area contributed by atoms with E-state index in [1.54, 1.807) is 7.05 Å². The van der Waals surface area contributed by atoms with E-state index in [0.29, 0.717) is 13.0 Å². The molecule has 0 aliphatic carbocycles. The lowest BCUT2D eigenvalue weighted by Gasteiger charge is -2.25. The van der Waals surface area contributed by atoms with Crippen molar-refractivity contribution in [1.82, 2.24) is 10.6 Å². The van der Waals surface area contributed by atoms with E-state index in [9.17, 15) is 9.59 Å². The summed E-state index contributed by atoms with van der Waals surface area (Å²) in [4.78, 5) is 22.5. The van der Waals surface area contributed by atoms with Crippen LogP contribution in [-0.2, 0) is 14.3 Å². The van der Waals surface area contributed by atoms with Crippen LogP contribution in [0.15, 0.2) is 0 Å². The topological polar surface area (TPSA) is 67.4 Å². The maximum atomic E-state index is 11.5. The highest BCUT2D eigenvalue weighted by atomic mass is 16.5. The Morgan fingerprint density at radius 1 is 1.38 bits per heavy atom. The molecule has 0 aromatic rings. The first kappa shape index (κ1) is 14.9. The molecule has 0 bridgehead atoms. The summed E-state index contributed by atoms with van der Waals surface area (Å²) >= 11 is 0. The number of ether oxygens (including phenoxy) is 1. The molecule has 0 aromatic carbocycles. The summed E-state index contributed by atoms with van der Waals surface area (Å²) in [5.74, 6) is -0.275. The van der Waals surface area contributed by atoms with E-state index in [0.717, 1.165) is 0 Å².